The summed E-state index contributed by atoms with van der Waals surface area (Å²) in [7, 11) is 0. The number of β-amino-alcohol motifs (C(OH)–C–C–N with tert-alkyl or cyclic N) is 1. The van der Waals surface area contributed by atoms with Crippen LogP contribution in [-0.2, 0) is 19.2 Å². The van der Waals surface area contributed by atoms with Crippen molar-refractivity contribution >= 4 is 52.0 Å². The number of benzene rings is 3. The molecule has 3 aromatic carbocycles. The number of aromatic nitrogens is 4. The van der Waals surface area contributed by atoms with Crippen LogP contribution in [0.4, 0.5) is 0 Å². The number of hydrogen-bond donors (Lipinski definition) is 5. The molecule has 5 heterocycles. The summed E-state index contributed by atoms with van der Waals surface area (Å²) in [6, 6.07) is 19.8. The van der Waals surface area contributed by atoms with Crippen molar-refractivity contribution in [1.29, 1.82) is 5.26 Å². The Morgan fingerprint density at radius 2 is 1.62 bits per heavy atom. The van der Waals surface area contributed by atoms with E-state index < -0.39 is 54.0 Å². The fourth-order valence-corrected chi connectivity index (χ4v) is 11.1. The SMILES string of the molecule is Cc1ncsc1-c1ccc([C@H](C)NC(=O)[C@@H]2C[C@@H](O)CN2C(=O)[C@@H](NC(=O)COc2ccc(-c3ccc(C4=N[C@@H](CC(=O)NCCO)c5nnc(C)n5-c5sc(C)c(C)c54)cc3)cc2C#N)C(C)(C)C)cc1. The Hall–Kier alpha value is -7.11. The number of nitriles is 1. The number of amides is 4. The number of nitrogens with zero attached hydrogens (tertiary/aromatic N) is 7. The van der Waals surface area contributed by atoms with E-state index in [4.69, 9.17) is 9.73 Å². The molecule has 1 saturated heterocycles. The Morgan fingerprint density at radius 3 is 2.29 bits per heavy atom. The molecule has 2 aliphatic rings. The second-order valence-corrected chi connectivity index (χ2v) is 21.3. The molecule has 8 rings (SSSR count). The number of aliphatic imine (C=N–C) groups is 1. The molecule has 5 N–H and O–H groups in total. The number of thiophene rings is 1. The quantitative estimate of drug-likeness (QED) is 0.0759. The lowest BCUT2D eigenvalue weighted by Gasteiger charge is -2.35. The minimum Gasteiger partial charge on any atom is -0.482 e. The number of carbonyl (C=O) groups is 4. The van der Waals surface area contributed by atoms with Gasteiger partial charge in [0.05, 0.1) is 52.5 Å². The van der Waals surface area contributed by atoms with Gasteiger partial charge in [-0.3, -0.25) is 28.7 Å². The highest BCUT2D eigenvalue weighted by Crippen LogP contribution is 2.40. The number of rotatable bonds is 15. The van der Waals surface area contributed by atoms with Gasteiger partial charge in [0, 0.05) is 35.5 Å². The Bertz CT molecular complexity index is 3090. The van der Waals surface area contributed by atoms with Crippen LogP contribution in [0.3, 0.4) is 0 Å². The highest BCUT2D eigenvalue weighted by molar-refractivity contribution is 7.15. The zero-order valence-corrected chi connectivity index (χ0v) is 43.1. The van der Waals surface area contributed by atoms with Crippen LogP contribution in [0.25, 0.3) is 26.6 Å². The van der Waals surface area contributed by atoms with E-state index in [-0.39, 0.29) is 55.8 Å². The molecular weight excluding hydrogens is 953 g/mol. The maximum atomic E-state index is 14.3. The minimum absolute atomic E-state index is 0.00527. The van der Waals surface area contributed by atoms with Gasteiger partial charge < -0.3 is 35.8 Å². The molecule has 374 valence electrons. The summed E-state index contributed by atoms with van der Waals surface area (Å²) in [6.45, 7) is 14.6. The van der Waals surface area contributed by atoms with Gasteiger partial charge in [-0.2, -0.15) is 5.26 Å². The summed E-state index contributed by atoms with van der Waals surface area (Å²) >= 11 is 3.17. The van der Waals surface area contributed by atoms with Crippen LogP contribution in [0.15, 0.2) is 77.2 Å². The molecule has 0 saturated carbocycles. The van der Waals surface area contributed by atoms with E-state index in [0.717, 1.165) is 59.4 Å². The van der Waals surface area contributed by atoms with E-state index >= 15 is 0 Å². The van der Waals surface area contributed by atoms with Crippen LogP contribution in [0.2, 0.25) is 0 Å². The molecular formula is C53H58N10O7S2. The molecule has 0 spiro atoms. The van der Waals surface area contributed by atoms with Crippen molar-refractivity contribution in [2.75, 3.05) is 26.3 Å². The van der Waals surface area contributed by atoms with Crippen LogP contribution >= 0.6 is 22.7 Å². The van der Waals surface area contributed by atoms with Crippen molar-refractivity contribution < 1.29 is 34.1 Å². The van der Waals surface area contributed by atoms with Crippen molar-refractivity contribution in [2.45, 2.75) is 98.5 Å². The third-order valence-electron chi connectivity index (χ3n) is 13.1. The van der Waals surface area contributed by atoms with E-state index in [1.807, 2.05) is 80.8 Å². The van der Waals surface area contributed by atoms with Gasteiger partial charge in [-0.25, -0.2) is 4.98 Å². The second-order valence-electron chi connectivity index (χ2n) is 19.2. The third kappa shape index (κ3) is 10.7. The molecule has 2 aliphatic heterocycles. The van der Waals surface area contributed by atoms with E-state index in [1.165, 1.54) is 4.90 Å². The number of ether oxygens (including phenoxy) is 1. The fraction of sp³-hybridized carbons (Fsp3) is 0.377. The van der Waals surface area contributed by atoms with Gasteiger partial charge in [0.1, 0.15) is 40.8 Å². The number of hydrogen-bond acceptors (Lipinski definition) is 14. The molecule has 6 aromatic rings. The van der Waals surface area contributed by atoms with Crippen molar-refractivity contribution in [3.63, 3.8) is 0 Å². The molecule has 0 bridgehead atoms. The number of nitrogens with one attached hydrogen (secondary N) is 3. The van der Waals surface area contributed by atoms with E-state index in [2.05, 4.69) is 44.1 Å². The first-order valence-electron chi connectivity index (χ1n) is 23.7. The van der Waals surface area contributed by atoms with Gasteiger partial charge in [-0.1, -0.05) is 75.4 Å². The predicted molar refractivity (Wildman–Crippen MR) is 275 cm³/mol. The van der Waals surface area contributed by atoms with Crippen LogP contribution < -0.4 is 20.7 Å². The molecule has 1 fully saturated rings. The van der Waals surface area contributed by atoms with Crippen molar-refractivity contribution in [1.82, 2.24) is 40.6 Å². The molecule has 5 atom stereocenters. The molecule has 19 heteroatoms. The Morgan fingerprint density at radius 1 is 0.931 bits per heavy atom. The number of likely N-dealkylation sites (tertiary alicyclic amines) is 1. The molecule has 3 aromatic heterocycles. The Labute approximate surface area is 426 Å². The highest BCUT2D eigenvalue weighted by atomic mass is 32.1. The minimum atomic E-state index is -1.08. The summed E-state index contributed by atoms with van der Waals surface area (Å²) in [5.74, 6) is -0.401. The first-order valence-corrected chi connectivity index (χ1v) is 25.4. The molecule has 0 aliphatic carbocycles. The molecule has 4 amide bonds. The normalized spacial score (nSPS) is 17.2. The first-order chi connectivity index (χ1) is 34.4. The van der Waals surface area contributed by atoms with Crippen LogP contribution in [-0.4, -0.2) is 109 Å². The van der Waals surface area contributed by atoms with Gasteiger partial charge in [-0.05, 0) is 80.0 Å². The maximum absolute atomic E-state index is 14.3. The Kier molecular flexibility index (Phi) is 15.2. The van der Waals surface area contributed by atoms with Crippen molar-refractivity contribution in [2.24, 2.45) is 10.4 Å². The summed E-state index contributed by atoms with van der Waals surface area (Å²) in [5.41, 5.74) is 9.06. The fourth-order valence-electron chi connectivity index (χ4n) is 9.07. The van der Waals surface area contributed by atoms with Crippen molar-refractivity contribution in [3.05, 3.63) is 122 Å². The van der Waals surface area contributed by atoms with Gasteiger partial charge >= 0.3 is 0 Å². The lowest BCUT2D eigenvalue weighted by molar-refractivity contribution is -0.144. The molecule has 72 heavy (non-hydrogen) atoms. The summed E-state index contributed by atoms with van der Waals surface area (Å²) < 4.78 is 7.88. The lowest BCUT2D eigenvalue weighted by Crippen LogP contribution is -2.58. The third-order valence-corrected chi connectivity index (χ3v) is 15.2. The maximum Gasteiger partial charge on any atom is 0.258 e. The summed E-state index contributed by atoms with van der Waals surface area (Å²) in [4.78, 5) is 67.7. The highest BCUT2D eigenvalue weighted by Gasteiger charge is 2.45. The first kappa shape index (κ1) is 51.3. The number of thiazole rings is 1. The molecule has 17 nitrogen and oxygen atoms in total. The van der Waals surface area contributed by atoms with Crippen LogP contribution in [0.1, 0.15) is 103 Å². The van der Waals surface area contributed by atoms with Crippen LogP contribution in [0.5, 0.6) is 5.75 Å². The van der Waals surface area contributed by atoms with Crippen molar-refractivity contribution in [3.8, 4) is 38.4 Å². The number of aryl methyl sites for hydroxylation is 3. The summed E-state index contributed by atoms with van der Waals surface area (Å²) in [5, 5.41) is 48.6. The second kappa shape index (κ2) is 21.3. The zero-order chi connectivity index (χ0) is 51.6. The predicted octanol–water partition coefficient (Wildman–Crippen LogP) is 6.36. The zero-order valence-electron chi connectivity index (χ0n) is 41.4. The monoisotopic (exact) mass is 1010 g/mol. The van der Waals surface area contributed by atoms with E-state index in [1.54, 1.807) is 67.2 Å². The standard InChI is InChI=1S/C53H58N10O7S2/c1-28-31(4)72-52-45(28)46(58-40(23-43(66)55-19-20-64)49-61-60-32(5)63(49)52)35-13-11-34(12-14-35)37-17-18-42(38(21-37)24-54)70-26-44(67)59-48(53(6,7)8)51(69)62-25-39(65)22-41(62)50(68)57-29(2)33-9-15-36(16-10-33)47-30(3)56-27-71-47/h9-18,21,27,29,39-41,48,64-65H,19-20,22-23,25-26H2,1-8H3,(H,55,66)(H,57,68)(H,59,67)/t29-,39+,40-,41-,48+/m0/s1. The van der Waals surface area contributed by atoms with Gasteiger partial charge in [0.2, 0.25) is 17.7 Å². The number of aliphatic hydroxyl groups excluding tert-OH is 2. The molecule has 0 radical (unpaired) electrons. The molecule has 0 unspecified atom stereocenters. The van der Waals surface area contributed by atoms with Gasteiger partial charge in [0.15, 0.2) is 12.4 Å². The van der Waals surface area contributed by atoms with Gasteiger partial charge in [0.25, 0.3) is 5.91 Å². The van der Waals surface area contributed by atoms with Crippen LogP contribution in [0, 0.1) is 44.4 Å². The lowest BCUT2D eigenvalue weighted by atomic mass is 9.85. The largest absolute Gasteiger partial charge is 0.482 e. The summed E-state index contributed by atoms with van der Waals surface area (Å²) in [6.07, 6.45) is -0.883. The number of aliphatic hydroxyl groups is 2. The smallest absolute Gasteiger partial charge is 0.258 e. The van der Waals surface area contributed by atoms with Gasteiger partial charge in [-0.15, -0.1) is 32.9 Å². The Balaban J connectivity index is 0.938. The number of carbonyl (C=O) groups excluding carboxylic acids is 4. The average molecular weight is 1010 g/mol. The topological polar surface area (TPSA) is 237 Å². The van der Waals surface area contributed by atoms with E-state index in [9.17, 15) is 34.7 Å². The number of fused-ring (bicyclic) bond motifs is 3. The van der Waals surface area contributed by atoms with E-state index in [0.29, 0.717) is 17.4 Å². The average Bonchev–Trinajstić information content (AvgIpc) is 4.13.